The highest BCUT2D eigenvalue weighted by molar-refractivity contribution is 7.89. The predicted octanol–water partition coefficient (Wildman–Crippen LogP) is 2.08. The molecule has 1 aromatic carbocycles. The Labute approximate surface area is 178 Å². The molecular weight excluding hydrogens is 402 g/mol. The first-order valence-electron chi connectivity index (χ1n) is 10.0. The molecule has 2 aromatic rings. The van der Waals surface area contributed by atoms with Crippen molar-refractivity contribution in [2.45, 2.75) is 38.6 Å². The molecule has 0 radical (unpaired) electrons. The molecule has 30 heavy (non-hydrogen) atoms. The van der Waals surface area contributed by atoms with E-state index in [-0.39, 0.29) is 16.8 Å². The van der Waals surface area contributed by atoms with Crippen LogP contribution in [0.15, 0.2) is 35.2 Å². The van der Waals surface area contributed by atoms with Gasteiger partial charge in [0.2, 0.25) is 10.0 Å². The number of benzene rings is 1. The quantitative estimate of drug-likeness (QED) is 0.720. The Morgan fingerprint density at radius 3 is 2.17 bits per heavy atom. The molecule has 1 aliphatic heterocycles. The summed E-state index contributed by atoms with van der Waals surface area (Å²) in [6.45, 7) is 9.99. The van der Waals surface area contributed by atoms with Gasteiger partial charge in [0.1, 0.15) is 11.6 Å². The summed E-state index contributed by atoms with van der Waals surface area (Å²) in [5, 5.41) is 0. The number of hydrogen-bond donors (Lipinski definition) is 0. The van der Waals surface area contributed by atoms with Gasteiger partial charge in [-0.05, 0) is 52.0 Å². The largest absolute Gasteiger partial charge is 0.353 e. The first kappa shape index (κ1) is 22.2. The smallest absolute Gasteiger partial charge is 0.253 e. The molecule has 0 atom stereocenters. The Morgan fingerprint density at radius 2 is 1.63 bits per heavy atom. The predicted molar refractivity (Wildman–Crippen MR) is 116 cm³/mol. The fraction of sp³-hybridized carbons (Fsp3) is 0.476. The number of piperazine rings is 1. The van der Waals surface area contributed by atoms with Gasteiger partial charge in [-0.3, -0.25) is 4.79 Å². The molecule has 1 aromatic heterocycles. The third-order valence-electron chi connectivity index (χ3n) is 5.35. The molecule has 1 saturated heterocycles. The molecule has 0 saturated carbocycles. The van der Waals surface area contributed by atoms with Crippen molar-refractivity contribution in [1.82, 2.24) is 19.2 Å². The van der Waals surface area contributed by atoms with Crippen LogP contribution in [0, 0.1) is 13.8 Å². The molecule has 8 nitrogen and oxygen atoms in total. The van der Waals surface area contributed by atoms with Gasteiger partial charge in [-0.25, -0.2) is 18.4 Å². The summed E-state index contributed by atoms with van der Waals surface area (Å²) in [4.78, 5) is 25.8. The van der Waals surface area contributed by atoms with Crippen molar-refractivity contribution in [1.29, 1.82) is 0 Å². The van der Waals surface area contributed by atoms with Gasteiger partial charge in [0, 0.05) is 56.6 Å². The average molecular weight is 432 g/mol. The van der Waals surface area contributed by atoms with E-state index in [9.17, 15) is 13.2 Å². The summed E-state index contributed by atoms with van der Waals surface area (Å²) in [6, 6.07) is 8.00. The third kappa shape index (κ3) is 4.62. The minimum absolute atomic E-state index is 0.0918. The Hall–Kier alpha value is -2.52. The molecule has 0 N–H and O–H groups in total. The van der Waals surface area contributed by atoms with Crippen LogP contribution in [-0.2, 0) is 10.0 Å². The molecule has 1 fully saturated rings. The number of aryl methyl sites for hydroxylation is 2. The zero-order valence-corrected chi connectivity index (χ0v) is 19.0. The molecule has 2 heterocycles. The summed E-state index contributed by atoms with van der Waals surface area (Å²) in [7, 11) is -2.01. The molecule has 9 heteroatoms. The zero-order valence-electron chi connectivity index (χ0n) is 18.2. The van der Waals surface area contributed by atoms with Crippen LogP contribution >= 0.6 is 0 Å². The van der Waals surface area contributed by atoms with E-state index >= 15 is 0 Å². The van der Waals surface area contributed by atoms with Gasteiger partial charge in [0.15, 0.2) is 0 Å². The highest BCUT2D eigenvalue weighted by Gasteiger charge is 2.25. The van der Waals surface area contributed by atoms with E-state index in [0.717, 1.165) is 17.3 Å². The van der Waals surface area contributed by atoms with Gasteiger partial charge >= 0.3 is 0 Å². The normalized spacial score (nSPS) is 15.2. The Kier molecular flexibility index (Phi) is 6.42. The fourth-order valence-corrected chi connectivity index (χ4v) is 4.76. The number of amides is 1. The lowest BCUT2D eigenvalue weighted by molar-refractivity contribution is 0.0746. The lowest BCUT2D eigenvalue weighted by Gasteiger charge is -2.35. The lowest BCUT2D eigenvalue weighted by atomic mass is 10.2. The first-order valence-corrected chi connectivity index (χ1v) is 11.5. The Morgan fingerprint density at radius 1 is 1.03 bits per heavy atom. The van der Waals surface area contributed by atoms with Gasteiger partial charge in [0.05, 0.1) is 4.90 Å². The number of carbonyl (C=O) groups excluding carboxylic acids is 1. The van der Waals surface area contributed by atoms with E-state index in [1.807, 2.05) is 33.8 Å². The van der Waals surface area contributed by atoms with Crippen LogP contribution in [0.4, 0.5) is 5.82 Å². The van der Waals surface area contributed by atoms with Crippen LogP contribution in [0.25, 0.3) is 0 Å². The molecule has 0 spiro atoms. The summed E-state index contributed by atoms with van der Waals surface area (Å²) < 4.78 is 26.5. The molecule has 162 valence electrons. The number of nitrogens with zero attached hydrogens (tertiary/aromatic N) is 5. The van der Waals surface area contributed by atoms with Crippen molar-refractivity contribution >= 4 is 21.7 Å². The van der Waals surface area contributed by atoms with Gasteiger partial charge in [0.25, 0.3) is 5.91 Å². The van der Waals surface area contributed by atoms with E-state index in [2.05, 4.69) is 14.9 Å². The minimum atomic E-state index is -3.56. The van der Waals surface area contributed by atoms with Crippen molar-refractivity contribution in [2.75, 3.05) is 38.1 Å². The topological polar surface area (TPSA) is 86.7 Å². The van der Waals surface area contributed by atoms with Gasteiger partial charge in [-0.15, -0.1) is 0 Å². The second kappa shape index (κ2) is 8.69. The number of anilines is 1. The summed E-state index contributed by atoms with van der Waals surface area (Å²) >= 11 is 0. The number of carbonyl (C=O) groups is 1. The van der Waals surface area contributed by atoms with Gasteiger partial charge in [-0.2, -0.15) is 4.31 Å². The van der Waals surface area contributed by atoms with Gasteiger partial charge in [-0.1, -0.05) is 0 Å². The molecule has 0 unspecified atom stereocenters. The summed E-state index contributed by atoms with van der Waals surface area (Å²) in [5.41, 5.74) is 1.41. The van der Waals surface area contributed by atoms with Crippen LogP contribution in [0.3, 0.4) is 0 Å². The fourth-order valence-electron chi connectivity index (χ4n) is 3.39. The van der Waals surface area contributed by atoms with Crippen LogP contribution in [-0.4, -0.2) is 72.8 Å². The van der Waals surface area contributed by atoms with Crippen molar-refractivity contribution in [2.24, 2.45) is 0 Å². The number of hydrogen-bond acceptors (Lipinski definition) is 6. The van der Waals surface area contributed by atoms with E-state index in [0.29, 0.717) is 31.7 Å². The maximum Gasteiger partial charge on any atom is 0.253 e. The number of rotatable bonds is 5. The van der Waals surface area contributed by atoms with E-state index in [1.54, 1.807) is 24.1 Å². The van der Waals surface area contributed by atoms with Crippen LogP contribution < -0.4 is 4.90 Å². The summed E-state index contributed by atoms with van der Waals surface area (Å²) in [6.07, 6.45) is 0. The molecule has 0 bridgehead atoms. The molecular formula is C21H29N5O3S. The molecule has 3 rings (SSSR count). The van der Waals surface area contributed by atoms with Crippen molar-refractivity contribution < 1.29 is 13.2 Å². The zero-order chi connectivity index (χ0) is 22.1. The minimum Gasteiger partial charge on any atom is -0.353 e. The SMILES string of the molecule is Cc1cc(N2CCN(C(=O)c3ccc(S(=O)(=O)N(C)C(C)C)cc3)CC2)nc(C)n1. The van der Waals surface area contributed by atoms with Crippen LogP contribution in [0.2, 0.25) is 0 Å². The molecule has 1 aliphatic rings. The van der Waals surface area contributed by atoms with Crippen molar-refractivity contribution in [3.05, 3.63) is 47.4 Å². The third-order valence-corrected chi connectivity index (χ3v) is 7.40. The lowest BCUT2D eigenvalue weighted by Crippen LogP contribution is -2.49. The van der Waals surface area contributed by atoms with E-state index < -0.39 is 10.0 Å². The monoisotopic (exact) mass is 431 g/mol. The Balaban J connectivity index is 1.67. The highest BCUT2D eigenvalue weighted by atomic mass is 32.2. The number of sulfonamides is 1. The van der Waals surface area contributed by atoms with Crippen LogP contribution in [0.5, 0.6) is 0 Å². The molecule has 1 amide bonds. The highest BCUT2D eigenvalue weighted by Crippen LogP contribution is 2.19. The number of aromatic nitrogens is 2. The standard InChI is InChI=1S/C21H29N5O3S/c1-15(2)24(5)30(28,29)19-8-6-18(7-9-19)21(27)26-12-10-25(11-13-26)20-14-16(3)22-17(4)23-20/h6-9,14-15H,10-13H2,1-5H3. The summed E-state index contributed by atoms with van der Waals surface area (Å²) in [5.74, 6) is 1.53. The second-order valence-electron chi connectivity index (χ2n) is 7.83. The maximum atomic E-state index is 12.9. The van der Waals surface area contributed by atoms with E-state index in [4.69, 9.17) is 0 Å². The average Bonchev–Trinajstić information content (AvgIpc) is 2.72. The first-order chi connectivity index (χ1) is 14.1. The van der Waals surface area contributed by atoms with E-state index in [1.165, 1.54) is 16.4 Å². The molecule has 0 aliphatic carbocycles. The van der Waals surface area contributed by atoms with Crippen LogP contribution in [0.1, 0.15) is 35.7 Å². The van der Waals surface area contributed by atoms with Crippen molar-refractivity contribution in [3.63, 3.8) is 0 Å². The van der Waals surface area contributed by atoms with Gasteiger partial charge < -0.3 is 9.80 Å². The Bertz CT molecular complexity index is 993. The maximum absolute atomic E-state index is 12.9. The second-order valence-corrected chi connectivity index (χ2v) is 9.83. The van der Waals surface area contributed by atoms with Crippen molar-refractivity contribution in [3.8, 4) is 0 Å².